The highest BCUT2D eigenvalue weighted by molar-refractivity contribution is 5.54. The molecule has 2 aromatic heterocycles. The lowest BCUT2D eigenvalue weighted by atomic mass is 10.1. The van der Waals surface area contributed by atoms with Gasteiger partial charge in [0.05, 0.1) is 17.5 Å². The first-order valence-electron chi connectivity index (χ1n) is 10.3. The maximum atomic E-state index is 6.33. The molecule has 0 bridgehead atoms. The van der Waals surface area contributed by atoms with Crippen molar-refractivity contribution in [2.24, 2.45) is 0 Å². The van der Waals surface area contributed by atoms with Crippen LogP contribution in [0.5, 0.6) is 5.75 Å². The van der Waals surface area contributed by atoms with Gasteiger partial charge in [-0.1, -0.05) is 18.2 Å². The molecule has 1 fully saturated rings. The molecule has 5 nitrogen and oxygen atoms in total. The summed E-state index contributed by atoms with van der Waals surface area (Å²) in [4.78, 5) is 15.0. The summed E-state index contributed by atoms with van der Waals surface area (Å²) < 4.78 is 6.33. The number of hydrogen-bond donors (Lipinski definition) is 1. The zero-order valence-electron chi connectivity index (χ0n) is 16.1. The summed E-state index contributed by atoms with van der Waals surface area (Å²) in [6, 6.07) is 12.5. The van der Waals surface area contributed by atoms with Crippen molar-refractivity contribution in [3.63, 3.8) is 0 Å². The third-order valence-corrected chi connectivity index (χ3v) is 5.81. The zero-order valence-corrected chi connectivity index (χ0v) is 16.1. The standard InChI is InChI=1S/C23H26N4O/c1-4-10-22(28-19-8-2-3-9-19)18(6-1)15-27-13-11-20-21(16-27)26-23(25-20)17-7-5-12-24-14-17/h1,4-7,10,12,14,19H,2-3,8-9,11,13,15-16H2,(H,25,26). The minimum atomic E-state index is 0.392. The van der Waals surface area contributed by atoms with Crippen molar-refractivity contribution in [2.75, 3.05) is 6.54 Å². The number of aromatic amines is 1. The lowest BCUT2D eigenvalue weighted by Gasteiger charge is -2.27. The van der Waals surface area contributed by atoms with E-state index >= 15 is 0 Å². The van der Waals surface area contributed by atoms with Gasteiger partial charge in [0.15, 0.2) is 0 Å². The molecule has 0 saturated heterocycles. The Bertz CT molecular complexity index is 931. The lowest BCUT2D eigenvalue weighted by molar-refractivity contribution is 0.197. The van der Waals surface area contributed by atoms with Crippen LogP contribution >= 0.6 is 0 Å². The Morgan fingerprint density at radius 2 is 2.00 bits per heavy atom. The summed E-state index contributed by atoms with van der Waals surface area (Å²) in [6.07, 6.45) is 9.97. The predicted octanol–water partition coefficient (Wildman–Crippen LogP) is 4.35. The molecule has 1 N–H and O–H groups in total. The molecule has 1 saturated carbocycles. The van der Waals surface area contributed by atoms with Crippen LogP contribution in [0.3, 0.4) is 0 Å². The van der Waals surface area contributed by atoms with Crippen LogP contribution in [0.2, 0.25) is 0 Å². The largest absolute Gasteiger partial charge is 0.490 e. The van der Waals surface area contributed by atoms with Crippen molar-refractivity contribution in [2.45, 2.75) is 51.3 Å². The second-order valence-corrected chi connectivity index (χ2v) is 7.85. The van der Waals surface area contributed by atoms with Crippen molar-refractivity contribution in [3.05, 3.63) is 65.7 Å². The van der Waals surface area contributed by atoms with Gasteiger partial charge >= 0.3 is 0 Å². The van der Waals surface area contributed by atoms with Gasteiger partial charge in [-0.15, -0.1) is 0 Å². The Balaban J connectivity index is 1.30. The summed E-state index contributed by atoms with van der Waals surface area (Å²) >= 11 is 0. The molecule has 5 rings (SSSR count). The highest BCUT2D eigenvalue weighted by Gasteiger charge is 2.23. The average Bonchev–Trinajstić information content (AvgIpc) is 3.39. The number of nitrogens with zero attached hydrogens (tertiary/aromatic N) is 3. The van der Waals surface area contributed by atoms with E-state index in [0.29, 0.717) is 6.10 Å². The fourth-order valence-electron chi connectivity index (χ4n) is 4.30. The molecule has 0 unspecified atom stereocenters. The Morgan fingerprint density at radius 3 is 2.86 bits per heavy atom. The van der Waals surface area contributed by atoms with Crippen LogP contribution in [0.4, 0.5) is 0 Å². The summed E-state index contributed by atoms with van der Waals surface area (Å²) in [5, 5.41) is 0. The first-order chi connectivity index (χ1) is 13.8. The molecular formula is C23H26N4O. The van der Waals surface area contributed by atoms with Crippen molar-refractivity contribution in [3.8, 4) is 17.1 Å². The number of benzene rings is 1. The van der Waals surface area contributed by atoms with E-state index in [1.165, 1.54) is 42.6 Å². The number of ether oxygens (including phenoxy) is 1. The van der Waals surface area contributed by atoms with Crippen molar-refractivity contribution in [1.82, 2.24) is 19.9 Å². The molecule has 3 heterocycles. The maximum Gasteiger partial charge on any atom is 0.139 e. The summed E-state index contributed by atoms with van der Waals surface area (Å²) in [6.45, 7) is 2.81. The predicted molar refractivity (Wildman–Crippen MR) is 109 cm³/mol. The first kappa shape index (κ1) is 17.4. The summed E-state index contributed by atoms with van der Waals surface area (Å²) in [5.41, 5.74) is 4.73. The Morgan fingerprint density at radius 1 is 1.11 bits per heavy atom. The van der Waals surface area contributed by atoms with E-state index in [2.05, 4.69) is 39.1 Å². The SMILES string of the molecule is c1cncc(-c2nc3c([nH]2)CN(Cc2ccccc2OC2CCCC2)CC3)c1. The first-order valence-corrected chi connectivity index (χ1v) is 10.3. The third kappa shape index (κ3) is 3.67. The highest BCUT2D eigenvalue weighted by atomic mass is 16.5. The number of H-pyrrole nitrogens is 1. The van der Waals surface area contributed by atoms with Gasteiger partial charge in [-0.2, -0.15) is 0 Å². The maximum absolute atomic E-state index is 6.33. The van der Waals surface area contributed by atoms with E-state index in [1.807, 2.05) is 18.3 Å². The Kier molecular flexibility index (Phi) is 4.83. The van der Waals surface area contributed by atoms with E-state index in [4.69, 9.17) is 9.72 Å². The van der Waals surface area contributed by atoms with E-state index in [-0.39, 0.29) is 0 Å². The molecule has 144 valence electrons. The van der Waals surface area contributed by atoms with Crippen LogP contribution in [0.15, 0.2) is 48.8 Å². The third-order valence-electron chi connectivity index (χ3n) is 5.81. The monoisotopic (exact) mass is 374 g/mol. The van der Waals surface area contributed by atoms with Crippen LogP contribution in [-0.4, -0.2) is 32.5 Å². The molecule has 0 amide bonds. The van der Waals surface area contributed by atoms with Gasteiger partial charge in [0.1, 0.15) is 11.6 Å². The van der Waals surface area contributed by atoms with Crippen molar-refractivity contribution < 1.29 is 4.74 Å². The lowest BCUT2D eigenvalue weighted by Crippen LogP contribution is -2.30. The smallest absolute Gasteiger partial charge is 0.139 e. The molecule has 5 heteroatoms. The second kappa shape index (κ2) is 7.76. The minimum absolute atomic E-state index is 0.392. The summed E-state index contributed by atoms with van der Waals surface area (Å²) in [7, 11) is 0. The molecule has 0 spiro atoms. The molecule has 1 aromatic carbocycles. The summed E-state index contributed by atoms with van der Waals surface area (Å²) in [5.74, 6) is 1.98. The van der Waals surface area contributed by atoms with Crippen molar-refractivity contribution >= 4 is 0 Å². The molecule has 0 atom stereocenters. The molecule has 28 heavy (non-hydrogen) atoms. The van der Waals surface area contributed by atoms with Crippen LogP contribution in [0.25, 0.3) is 11.4 Å². The fraction of sp³-hybridized carbons (Fsp3) is 0.391. The minimum Gasteiger partial charge on any atom is -0.490 e. The number of imidazole rings is 1. The number of aromatic nitrogens is 3. The van der Waals surface area contributed by atoms with Gasteiger partial charge in [0.2, 0.25) is 0 Å². The average molecular weight is 374 g/mol. The van der Waals surface area contributed by atoms with Gasteiger partial charge in [0.25, 0.3) is 0 Å². The Hall–Kier alpha value is -2.66. The van der Waals surface area contributed by atoms with Gasteiger partial charge in [-0.25, -0.2) is 4.98 Å². The molecule has 3 aromatic rings. The number of nitrogens with one attached hydrogen (secondary N) is 1. The highest BCUT2D eigenvalue weighted by Crippen LogP contribution is 2.29. The molecule has 0 radical (unpaired) electrons. The van der Waals surface area contributed by atoms with E-state index in [9.17, 15) is 0 Å². The fourth-order valence-corrected chi connectivity index (χ4v) is 4.30. The normalized spacial score (nSPS) is 17.6. The number of fused-ring (bicyclic) bond motifs is 1. The van der Waals surface area contributed by atoms with Crippen LogP contribution in [-0.2, 0) is 19.5 Å². The molecule has 1 aliphatic carbocycles. The number of pyridine rings is 1. The van der Waals surface area contributed by atoms with E-state index < -0.39 is 0 Å². The molecule has 1 aliphatic heterocycles. The molecular weight excluding hydrogens is 348 g/mol. The van der Waals surface area contributed by atoms with Crippen LogP contribution in [0.1, 0.15) is 42.6 Å². The number of rotatable bonds is 5. The zero-order chi connectivity index (χ0) is 18.8. The quantitative estimate of drug-likeness (QED) is 0.721. The van der Waals surface area contributed by atoms with Gasteiger partial charge in [-0.3, -0.25) is 9.88 Å². The van der Waals surface area contributed by atoms with Crippen LogP contribution in [0, 0.1) is 0 Å². The van der Waals surface area contributed by atoms with Gasteiger partial charge in [-0.05, 0) is 43.9 Å². The number of hydrogen-bond acceptors (Lipinski definition) is 4. The topological polar surface area (TPSA) is 54.0 Å². The Labute approximate surface area is 165 Å². The van der Waals surface area contributed by atoms with Gasteiger partial charge < -0.3 is 9.72 Å². The van der Waals surface area contributed by atoms with E-state index in [1.54, 1.807) is 6.20 Å². The van der Waals surface area contributed by atoms with Crippen molar-refractivity contribution in [1.29, 1.82) is 0 Å². The molecule has 2 aliphatic rings. The van der Waals surface area contributed by atoms with Crippen LogP contribution < -0.4 is 4.74 Å². The van der Waals surface area contributed by atoms with Gasteiger partial charge in [0, 0.05) is 49.6 Å². The van der Waals surface area contributed by atoms with E-state index in [0.717, 1.165) is 43.2 Å². The number of para-hydroxylation sites is 1. The second-order valence-electron chi connectivity index (χ2n) is 7.85.